The highest BCUT2D eigenvalue weighted by atomic mass is 35.5. The van der Waals surface area contributed by atoms with E-state index in [1.807, 2.05) is 6.07 Å². The van der Waals surface area contributed by atoms with E-state index in [9.17, 15) is 9.18 Å². The molecule has 0 aliphatic carbocycles. The number of nitrogens with zero attached hydrogens (tertiary/aromatic N) is 2. The van der Waals surface area contributed by atoms with E-state index >= 15 is 0 Å². The zero-order valence-corrected chi connectivity index (χ0v) is 10.3. The average molecular weight is 282 g/mol. The lowest BCUT2D eigenvalue weighted by Crippen LogP contribution is -2.12. The van der Waals surface area contributed by atoms with Crippen LogP contribution in [0.3, 0.4) is 0 Å². The molecule has 0 bridgehead atoms. The first-order valence-electron chi connectivity index (χ1n) is 4.72. The Balaban J connectivity index is 2.19. The van der Waals surface area contributed by atoms with Gasteiger partial charge in [-0.15, -0.1) is 0 Å². The number of amides is 1. The lowest BCUT2D eigenvalue weighted by molar-refractivity contribution is 0.102. The van der Waals surface area contributed by atoms with Gasteiger partial charge in [0, 0.05) is 0 Å². The largest absolute Gasteiger partial charge is 0.298 e. The first kappa shape index (κ1) is 12.5. The molecule has 1 heterocycles. The average Bonchev–Trinajstić information content (AvgIpc) is 2.76. The van der Waals surface area contributed by atoms with E-state index in [1.165, 1.54) is 12.3 Å². The molecule has 1 aromatic heterocycles. The Bertz CT molecular complexity index is 650. The highest BCUT2D eigenvalue weighted by Crippen LogP contribution is 2.21. The molecule has 90 valence electrons. The van der Waals surface area contributed by atoms with Gasteiger partial charge in [0.1, 0.15) is 16.8 Å². The van der Waals surface area contributed by atoms with Gasteiger partial charge in [-0.1, -0.05) is 22.9 Å². The third-order valence-corrected chi connectivity index (χ3v) is 3.14. The zero-order chi connectivity index (χ0) is 13.1. The lowest BCUT2D eigenvalue weighted by atomic mass is 10.2. The van der Waals surface area contributed by atoms with Gasteiger partial charge in [0.05, 0.1) is 16.8 Å². The van der Waals surface area contributed by atoms with Crippen molar-refractivity contribution >= 4 is 34.0 Å². The minimum Gasteiger partial charge on any atom is -0.298 e. The second-order valence-electron chi connectivity index (χ2n) is 3.22. The fraction of sp³-hybridized carbons (Fsp3) is 0. The first-order chi connectivity index (χ1) is 8.60. The minimum atomic E-state index is -0.516. The van der Waals surface area contributed by atoms with E-state index in [0.29, 0.717) is 4.88 Å². The van der Waals surface area contributed by atoms with Crippen molar-refractivity contribution in [1.29, 1.82) is 5.26 Å². The van der Waals surface area contributed by atoms with Gasteiger partial charge in [-0.3, -0.25) is 10.1 Å². The van der Waals surface area contributed by atoms with E-state index in [0.717, 1.165) is 23.5 Å². The van der Waals surface area contributed by atoms with Crippen LogP contribution in [0.1, 0.15) is 15.2 Å². The molecule has 0 spiro atoms. The highest BCUT2D eigenvalue weighted by Gasteiger charge is 2.13. The summed E-state index contributed by atoms with van der Waals surface area (Å²) in [6, 6.07) is 5.39. The van der Waals surface area contributed by atoms with Crippen LogP contribution in [-0.4, -0.2) is 10.9 Å². The number of nitrogens with one attached hydrogen (secondary N) is 1. The topological polar surface area (TPSA) is 65.8 Å². The Labute approximate surface area is 111 Å². The van der Waals surface area contributed by atoms with Crippen LogP contribution in [0.15, 0.2) is 24.4 Å². The van der Waals surface area contributed by atoms with Crippen molar-refractivity contribution in [1.82, 2.24) is 4.98 Å². The van der Waals surface area contributed by atoms with E-state index in [-0.39, 0.29) is 15.7 Å². The van der Waals surface area contributed by atoms with Gasteiger partial charge in [0.15, 0.2) is 5.13 Å². The number of halogens is 2. The standard InChI is InChI=1S/C11H5ClFN3OS/c12-9-3-6(13)1-2-8(9)10(17)16-11-15-5-7(4-14)18-11/h1-3,5H,(H,15,16,17). The van der Waals surface area contributed by atoms with Gasteiger partial charge >= 0.3 is 0 Å². The summed E-state index contributed by atoms with van der Waals surface area (Å²) >= 11 is 6.80. The van der Waals surface area contributed by atoms with Crippen LogP contribution in [0.2, 0.25) is 5.02 Å². The second kappa shape index (κ2) is 5.12. The predicted molar refractivity (Wildman–Crippen MR) is 66.2 cm³/mol. The Morgan fingerprint density at radius 2 is 2.33 bits per heavy atom. The molecule has 2 rings (SSSR count). The van der Waals surface area contributed by atoms with Crippen molar-refractivity contribution in [3.63, 3.8) is 0 Å². The molecule has 0 fully saturated rings. The molecule has 1 N–H and O–H groups in total. The van der Waals surface area contributed by atoms with Gasteiger partial charge in [0.25, 0.3) is 5.91 Å². The van der Waals surface area contributed by atoms with Gasteiger partial charge in [-0.25, -0.2) is 9.37 Å². The summed E-state index contributed by atoms with van der Waals surface area (Å²) < 4.78 is 12.8. The highest BCUT2D eigenvalue weighted by molar-refractivity contribution is 7.16. The van der Waals surface area contributed by atoms with Crippen molar-refractivity contribution in [3.05, 3.63) is 45.7 Å². The minimum absolute atomic E-state index is 0.0181. The Hall–Kier alpha value is -1.97. The predicted octanol–water partition coefficient (Wildman–Crippen LogP) is 3.06. The molecule has 1 aromatic carbocycles. The van der Waals surface area contributed by atoms with Gasteiger partial charge < -0.3 is 0 Å². The van der Waals surface area contributed by atoms with Gasteiger partial charge in [0.2, 0.25) is 0 Å². The van der Waals surface area contributed by atoms with Crippen molar-refractivity contribution in [3.8, 4) is 6.07 Å². The maximum atomic E-state index is 12.8. The summed E-state index contributed by atoms with van der Waals surface area (Å²) in [6.07, 6.45) is 1.35. The third kappa shape index (κ3) is 2.64. The third-order valence-electron chi connectivity index (χ3n) is 2.01. The smallest absolute Gasteiger partial charge is 0.258 e. The SMILES string of the molecule is N#Cc1cnc(NC(=O)c2ccc(F)cc2Cl)s1. The van der Waals surface area contributed by atoms with Gasteiger partial charge in [-0.2, -0.15) is 5.26 Å². The van der Waals surface area contributed by atoms with E-state index in [1.54, 1.807) is 0 Å². The number of carbonyl (C=O) groups is 1. The number of nitriles is 1. The van der Waals surface area contributed by atoms with E-state index in [2.05, 4.69) is 10.3 Å². The van der Waals surface area contributed by atoms with Crippen LogP contribution in [0.5, 0.6) is 0 Å². The number of hydrogen-bond acceptors (Lipinski definition) is 4. The number of hydrogen-bond donors (Lipinski definition) is 1. The lowest BCUT2D eigenvalue weighted by Gasteiger charge is -2.03. The molecule has 2 aromatic rings. The molecular weight excluding hydrogens is 277 g/mol. The number of rotatable bonds is 2. The molecule has 0 saturated carbocycles. The molecule has 7 heteroatoms. The van der Waals surface area contributed by atoms with Gasteiger partial charge in [-0.05, 0) is 18.2 Å². The Kier molecular flexibility index (Phi) is 3.55. The summed E-state index contributed by atoms with van der Waals surface area (Å²) in [5.74, 6) is -1.02. The fourth-order valence-corrected chi connectivity index (χ4v) is 2.08. The molecule has 0 atom stereocenters. The molecule has 0 saturated heterocycles. The summed E-state index contributed by atoms with van der Waals surface area (Å²) in [5, 5.41) is 11.4. The molecular formula is C11H5ClFN3OS. The van der Waals surface area contributed by atoms with Crippen LogP contribution in [0.25, 0.3) is 0 Å². The second-order valence-corrected chi connectivity index (χ2v) is 4.66. The molecule has 18 heavy (non-hydrogen) atoms. The summed E-state index contributed by atoms with van der Waals surface area (Å²) in [7, 11) is 0. The Morgan fingerprint density at radius 3 is 2.94 bits per heavy atom. The molecule has 0 aliphatic rings. The number of anilines is 1. The van der Waals surface area contributed by atoms with Crippen LogP contribution in [0, 0.1) is 17.1 Å². The Morgan fingerprint density at radius 1 is 1.56 bits per heavy atom. The van der Waals surface area contributed by atoms with Crippen molar-refractivity contribution in [2.75, 3.05) is 5.32 Å². The van der Waals surface area contributed by atoms with Crippen molar-refractivity contribution < 1.29 is 9.18 Å². The number of benzene rings is 1. The van der Waals surface area contributed by atoms with Crippen LogP contribution >= 0.6 is 22.9 Å². The molecule has 1 amide bonds. The van der Waals surface area contributed by atoms with Crippen molar-refractivity contribution in [2.24, 2.45) is 0 Å². The number of carbonyl (C=O) groups excluding carboxylic acids is 1. The summed E-state index contributed by atoms with van der Waals surface area (Å²) in [5.41, 5.74) is 0.145. The van der Waals surface area contributed by atoms with Crippen molar-refractivity contribution in [2.45, 2.75) is 0 Å². The first-order valence-corrected chi connectivity index (χ1v) is 5.92. The normalized spacial score (nSPS) is 9.83. The molecule has 0 unspecified atom stereocenters. The quantitative estimate of drug-likeness (QED) is 0.920. The maximum Gasteiger partial charge on any atom is 0.258 e. The maximum absolute atomic E-state index is 12.8. The molecule has 0 aliphatic heterocycles. The number of thiazole rings is 1. The van der Waals surface area contributed by atoms with Crippen LogP contribution in [0.4, 0.5) is 9.52 Å². The molecule has 4 nitrogen and oxygen atoms in total. The van der Waals surface area contributed by atoms with E-state index in [4.69, 9.17) is 16.9 Å². The van der Waals surface area contributed by atoms with Crippen LogP contribution in [-0.2, 0) is 0 Å². The fourth-order valence-electron chi connectivity index (χ4n) is 1.22. The zero-order valence-electron chi connectivity index (χ0n) is 8.78. The summed E-state index contributed by atoms with van der Waals surface area (Å²) in [6.45, 7) is 0. The van der Waals surface area contributed by atoms with E-state index < -0.39 is 11.7 Å². The molecule has 0 radical (unpaired) electrons. The van der Waals surface area contributed by atoms with Crippen LogP contribution < -0.4 is 5.32 Å². The summed E-state index contributed by atoms with van der Waals surface area (Å²) in [4.78, 5) is 16.0. The monoisotopic (exact) mass is 281 g/mol. The number of aromatic nitrogens is 1.